The van der Waals surface area contributed by atoms with Crippen molar-refractivity contribution in [2.24, 2.45) is 0 Å². The third-order valence-electron chi connectivity index (χ3n) is 3.03. The van der Waals surface area contributed by atoms with Gasteiger partial charge in [0.1, 0.15) is 0 Å². The summed E-state index contributed by atoms with van der Waals surface area (Å²) in [5.74, 6) is -1.48. The fraction of sp³-hybridized carbons (Fsp3) is 0.0667. The number of carboxylic acids is 1. The first-order valence-electron chi connectivity index (χ1n) is 5.99. The third-order valence-corrected chi connectivity index (χ3v) is 3.03. The summed E-state index contributed by atoms with van der Waals surface area (Å²) in [6.07, 6.45) is 0. The van der Waals surface area contributed by atoms with E-state index in [0.29, 0.717) is 16.8 Å². The highest BCUT2D eigenvalue weighted by Gasteiger charge is 2.14. The number of nitrogen functional groups attached to an aromatic ring is 1. The first kappa shape index (κ1) is 13.6. The van der Waals surface area contributed by atoms with E-state index in [-0.39, 0.29) is 17.2 Å². The Morgan fingerprint density at radius 2 is 1.70 bits per heavy atom. The molecule has 102 valence electrons. The molecule has 20 heavy (non-hydrogen) atoms. The van der Waals surface area contributed by atoms with Crippen molar-refractivity contribution in [1.82, 2.24) is 0 Å². The topological polar surface area (TPSA) is 92.4 Å². The second kappa shape index (κ2) is 5.44. The molecule has 5 nitrogen and oxygen atoms in total. The average Bonchev–Trinajstić information content (AvgIpc) is 2.42. The molecule has 2 rings (SSSR count). The van der Waals surface area contributed by atoms with Gasteiger partial charge in [-0.05, 0) is 36.8 Å². The van der Waals surface area contributed by atoms with E-state index in [1.165, 1.54) is 6.07 Å². The Bertz CT molecular complexity index is 681. The maximum Gasteiger partial charge on any atom is 0.337 e. The summed E-state index contributed by atoms with van der Waals surface area (Å²) in [6, 6.07) is 11.3. The highest BCUT2D eigenvalue weighted by Crippen LogP contribution is 2.19. The van der Waals surface area contributed by atoms with Gasteiger partial charge < -0.3 is 16.2 Å². The molecular weight excluding hydrogens is 256 g/mol. The highest BCUT2D eigenvalue weighted by molar-refractivity contribution is 6.08. The molecule has 0 atom stereocenters. The van der Waals surface area contributed by atoms with Crippen LogP contribution in [0.2, 0.25) is 0 Å². The van der Waals surface area contributed by atoms with Gasteiger partial charge in [-0.1, -0.05) is 18.2 Å². The number of carbonyl (C=O) groups is 2. The van der Waals surface area contributed by atoms with Gasteiger partial charge in [-0.15, -0.1) is 0 Å². The molecule has 0 unspecified atom stereocenters. The van der Waals surface area contributed by atoms with Crippen LogP contribution in [0.4, 0.5) is 11.4 Å². The van der Waals surface area contributed by atoms with Crippen molar-refractivity contribution < 1.29 is 14.7 Å². The van der Waals surface area contributed by atoms with Crippen LogP contribution in [0.25, 0.3) is 0 Å². The van der Waals surface area contributed by atoms with Gasteiger partial charge in [-0.25, -0.2) is 4.79 Å². The Balaban J connectivity index is 2.33. The molecule has 0 aliphatic carbocycles. The van der Waals surface area contributed by atoms with Gasteiger partial charge >= 0.3 is 5.97 Å². The molecule has 2 aromatic carbocycles. The molecule has 0 radical (unpaired) electrons. The van der Waals surface area contributed by atoms with Crippen molar-refractivity contribution >= 4 is 23.3 Å². The van der Waals surface area contributed by atoms with Crippen molar-refractivity contribution in [2.75, 3.05) is 11.1 Å². The first-order valence-corrected chi connectivity index (χ1v) is 5.99. The maximum atomic E-state index is 12.2. The fourth-order valence-electron chi connectivity index (χ4n) is 1.87. The van der Waals surface area contributed by atoms with Crippen LogP contribution in [-0.2, 0) is 0 Å². The van der Waals surface area contributed by atoms with Crippen molar-refractivity contribution in [3.8, 4) is 0 Å². The molecular formula is C15H14N2O3. The molecule has 0 aliphatic heterocycles. The largest absolute Gasteiger partial charge is 0.478 e. The normalized spacial score (nSPS) is 10.1. The Kier molecular flexibility index (Phi) is 3.70. The lowest BCUT2D eigenvalue weighted by Crippen LogP contribution is -2.16. The standard InChI is InChI=1S/C15H14N2O3/c1-9-10(6-4-7-12(9)16)14(18)17-13-8-3-2-5-11(13)15(19)20/h2-8H,16H2,1H3,(H,17,18)(H,19,20). The Hall–Kier alpha value is -2.82. The first-order chi connectivity index (χ1) is 9.50. The van der Waals surface area contributed by atoms with Crippen LogP contribution in [0, 0.1) is 6.92 Å². The van der Waals surface area contributed by atoms with Crippen molar-refractivity contribution in [3.63, 3.8) is 0 Å². The van der Waals surface area contributed by atoms with Crippen LogP contribution in [0.3, 0.4) is 0 Å². The van der Waals surface area contributed by atoms with E-state index in [4.69, 9.17) is 10.8 Å². The van der Waals surface area contributed by atoms with Crippen molar-refractivity contribution in [3.05, 3.63) is 59.2 Å². The second-order valence-corrected chi connectivity index (χ2v) is 4.32. The maximum absolute atomic E-state index is 12.2. The summed E-state index contributed by atoms with van der Waals surface area (Å²) < 4.78 is 0. The number of aromatic carboxylic acids is 1. The van der Waals surface area contributed by atoms with Crippen LogP contribution in [-0.4, -0.2) is 17.0 Å². The van der Waals surface area contributed by atoms with Gasteiger partial charge in [-0.2, -0.15) is 0 Å². The van der Waals surface area contributed by atoms with Crippen molar-refractivity contribution in [2.45, 2.75) is 6.92 Å². The number of hydrogen-bond donors (Lipinski definition) is 3. The SMILES string of the molecule is Cc1c(N)cccc1C(=O)Nc1ccccc1C(=O)O. The number of anilines is 2. The minimum Gasteiger partial charge on any atom is -0.478 e. The molecule has 0 bridgehead atoms. The number of para-hydroxylation sites is 1. The average molecular weight is 270 g/mol. The van der Waals surface area contributed by atoms with Crippen LogP contribution in [0.5, 0.6) is 0 Å². The molecule has 0 aliphatic rings. The van der Waals surface area contributed by atoms with E-state index in [1.807, 2.05) is 0 Å². The van der Waals surface area contributed by atoms with Gasteiger partial charge in [0, 0.05) is 11.3 Å². The molecule has 4 N–H and O–H groups in total. The smallest absolute Gasteiger partial charge is 0.337 e. The van der Waals surface area contributed by atoms with E-state index in [0.717, 1.165) is 0 Å². The Morgan fingerprint density at radius 3 is 2.40 bits per heavy atom. The number of nitrogens with one attached hydrogen (secondary N) is 1. The monoisotopic (exact) mass is 270 g/mol. The minimum atomic E-state index is -1.09. The van der Waals surface area contributed by atoms with Crippen LogP contribution < -0.4 is 11.1 Å². The molecule has 5 heteroatoms. The minimum absolute atomic E-state index is 0.0439. The molecule has 0 spiro atoms. The Morgan fingerprint density at radius 1 is 1.05 bits per heavy atom. The van der Waals surface area contributed by atoms with Gasteiger partial charge in [0.05, 0.1) is 11.3 Å². The van der Waals surface area contributed by atoms with E-state index >= 15 is 0 Å². The molecule has 0 saturated heterocycles. The van der Waals surface area contributed by atoms with E-state index in [2.05, 4.69) is 5.32 Å². The number of rotatable bonds is 3. The van der Waals surface area contributed by atoms with E-state index in [9.17, 15) is 9.59 Å². The van der Waals surface area contributed by atoms with E-state index in [1.54, 1.807) is 43.3 Å². The summed E-state index contributed by atoms with van der Waals surface area (Å²) >= 11 is 0. The fourth-order valence-corrected chi connectivity index (χ4v) is 1.87. The molecule has 1 amide bonds. The van der Waals surface area contributed by atoms with Gasteiger partial charge in [-0.3, -0.25) is 4.79 Å². The number of nitrogens with two attached hydrogens (primary N) is 1. The molecule has 0 aromatic heterocycles. The Labute approximate surface area is 116 Å². The van der Waals surface area contributed by atoms with Crippen LogP contribution in [0.15, 0.2) is 42.5 Å². The number of hydrogen-bond acceptors (Lipinski definition) is 3. The highest BCUT2D eigenvalue weighted by atomic mass is 16.4. The summed E-state index contributed by atoms with van der Waals surface area (Å²) in [7, 11) is 0. The summed E-state index contributed by atoms with van der Waals surface area (Å²) in [4.78, 5) is 23.3. The number of amides is 1. The molecule has 0 fully saturated rings. The summed E-state index contributed by atoms with van der Waals surface area (Å²) in [6.45, 7) is 1.74. The zero-order valence-electron chi connectivity index (χ0n) is 10.9. The lowest BCUT2D eigenvalue weighted by Gasteiger charge is -2.11. The summed E-state index contributed by atoms with van der Waals surface area (Å²) in [5.41, 5.74) is 7.66. The zero-order valence-corrected chi connectivity index (χ0v) is 10.9. The van der Waals surface area contributed by atoms with Gasteiger partial charge in [0.15, 0.2) is 0 Å². The lowest BCUT2D eigenvalue weighted by atomic mass is 10.1. The summed E-state index contributed by atoms with van der Waals surface area (Å²) in [5, 5.41) is 11.7. The molecule has 2 aromatic rings. The van der Waals surface area contributed by atoms with E-state index < -0.39 is 5.97 Å². The zero-order chi connectivity index (χ0) is 14.7. The number of carboxylic acid groups (broad SMARTS) is 1. The number of carbonyl (C=O) groups excluding carboxylic acids is 1. The van der Waals surface area contributed by atoms with Gasteiger partial charge in [0.25, 0.3) is 5.91 Å². The van der Waals surface area contributed by atoms with Crippen molar-refractivity contribution in [1.29, 1.82) is 0 Å². The predicted molar refractivity (Wildman–Crippen MR) is 76.9 cm³/mol. The van der Waals surface area contributed by atoms with Crippen LogP contribution >= 0.6 is 0 Å². The predicted octanol–water partition coefficient (Wildman–Crippen LogP) is 2.53. The van der Waals surface area contributed by atoms with Gasteiger partial charge in [0.2, 0.25) is 0 Å². The second-order valence-electron chi connectivity index (χ2n) is 4.32. The number of benzene rings is 2. The molecule has 0 heterocycles. The van der Waals surface area contributed by atoms with Crippen LogP contribution in [0.1, 0.15) is 26.3 Å². The quantitative estimate of drug-likeness (QED) is 0.747. The third kappa shape index (κ3) is 2.61. The molecule has 0 saturated carbocycles. The lowest BCUT2D eigenvalue weighted by molar-refractivity contribution is 0.0698.